The van der Waals surface area contributed by atoms with Crippen LogP contribution in [0.3, 0.4) is 0 Å². The van der Waals surface area contributed by atoms with Gasteiger partial charge in [-0.3, -0.25) is 4.72 Å². The van der Waals surface area contributed by atoms with Gasteiger partial charge in [-0.05, 0) is 31.4 Å². The summed E-state index contributed by atoms with van der Waals surface area (Å²) in [6.45, 7) is 0. The predicted octanol–water partition coefficient (Wildman–Crippen LogP) is 3.92. The minimum atomic E-state index is -4.36. The van der Waals surface area contributed by atoms with Crippen molar-refractivity contribution in [2.24, 2.45) is 0 Å². The summed E-state index contributed by atoms with van der Waals surface area (Å²) in [7, 11) is -4.36. The first-order valence-electron chi connectivity index (χ1n) is 9.51. The fourth-order valence-electron chi connectivity index (χ4n) is 3.61. The fourth-order valence-corrected chi connectivity index (χ4v) is 4.69. The van der Waals surface area contributed by atoms with E-state index in [1.54, 1.807) is 24.7 Å². The van der Waals surface area contributed by atoms with Crippen LogP contribution in [-0.2, 0) is 10.0 Å². The molecule has 1 aliphatic rings. The van der Waals surface area contributed by atoms with E-state index >= 15 is 0 Å². The highest BCUT2D eigenvalue weighted by Crippen LogP contribution is 2.34. The van der Waals surface area contributed by atoms with E-state index in [9.17, 15) is 17.2 Å². The zero-order chi connectivity index (χ0) is 21.1. The third kappa shape index (κ3) is 4.28. The molecule has 7 nitrogen and oxygen atoms in total. The van der Waals surface area contributed by atoms with Crippen LogP contribution in [-0.4, -0.2) is 29.1 Å². The average molecular weight is 434 g/mol. The number of pyridine rings is 1. The summed E-state index contributed by atoms with van der Waals surface area (Å²) >= 11 is 0. The number of imidazole rings is 1. The van der Waals surface area contributed by atoms with E-state index in [-0.39, 0.29) is 23.7 Å². The maximum absolute atomic E-state index is 14.7. The van der Waals surface area contributed by atoms with Gasteiger partial charge in [0, 0.05) is 30.7 Å². The van der Waals surface area contributed by atoms with E-state index in [4.69, 9.17) is 4.74 Å². The summed E-state index contributed by atoms with van der Waals surface area (Å²) in [5.74, 6) is -2.37. The SMILES string of the molecule is O=S(=O)(Nc1ccccn1)c1cc(F)c(O[C@H]2CCCC[C@@H]2n2ccnc2)cc1F. The van der Waals surface area contributed by atoms with Crippen LogP contribution in [0.4, 0.5) is 14.6 Å². The van der Waals surface area contributed by atoms with Crippen LogP contribution in [0.2, 0.25) is 0 Å². The lowest BCUT2D eigenvalue weighted by atomic mass is 9.92. The Hall–Kier alpha value is -3.01. The van der Waals surface area contributed by atoms with E-state index in [2.05, 4.69) is 14.7 Å². The predicted molar refractivity (Wildman–Crippen MR) is 106 cm³/mol. The molecular weight excluding hydrogens is 414 g/mol. The molecule has 30 heavy (non-hydrogen) atoms. The average Bonchev–Trinajstić information content (AvgIpc) is 3.26. The quantitative estimate of drug-likeness (QED) is 0.636. The highest BCUT2D eigenvalue weighted by molar-refractivity contribution is 7.92. The molecule has 158 valence electrons. The molecule has 10 heteroatoms. The molecule has 0 spiro atoms. The van der Waals surface area contributed by atoms with Gasteiger partial charge in [-0.25, -0.2) is 27.2 Å². The molecule has 0 unspecified atom stereocenters. The maximum atomic E-state index is 14.7. The third-order valence-electron chi connectivity index (χ3n) is 5.03. The minimum Gasteiger partial charge on any atom is -0.485 e. The number of aromatic nitrogens is 3. The van der Waals surface area contributed by atoms with Crippen LogP contribution >= 0.6 is 0 Å². The Morgan fingerprint density at radius 1 is 1.10 bits per heavy atom. The van der Waals surface area contributed by atoms with E-state index < -0.39 is 26.6 Å². The number of nitrogens with one attached hydrogen (secondary N) is 1. The molecule has 0 bridgehead atoms. The van der Waals surface area contributed by atoms with Gasteiger partial charge in [0.25, 0.3) is 10.0 Å². The number of anilines is 1. The van der Waals surface area contributed by atoms with Crippen molar-refractivity contribution in [1.82, 2.24) is 14.5 Å². The first kappa shape index (κ1) is 20.3. The van der Waals surface area contributed by atoms with Gasteiger partial charge in [-0.1, -0.05) is 12.5 Å². The summed E-state index contributed by atoms with van der Waals surface area (Å²) in [4.78, 5) is 7.06. The van der Waals surface area contributed by atoms with Crippen molar-refractivity contribution in [3.8, 4) is 5.75 Å². The molecule has 4 rings (SSSR count). The second kappa shape index (κ2) is 8.39. The highest BCUT2D eigenvalue weighted by Gasteiger charge is 2.30. The zero-order valence-electron chi connectivity index (χ0n) is 15.9. The van der Waals surface area contributed by atoms with E-state index in [0.29, 0.717) is 12.5 Å². The molecule has 2 heterocycles. The molecular formula is C20H20F2N4O3S. The van der Waals surface area contributed by atoms with E-state index in [1.165, 1.54) is 12.3 Å². The van der Waals surface area contributed by atoms with Gasteiger partial charge in [-0.2, -0.15) is 0 Å². The summed E-state index contributed by atoms with van der Waals surface area (Å²) in [5, 5.41) is 0. The second-order valence-electron chi connectivity index (χ2n) is 7.05. The van der Waals surface area contributed by atoms with E-state index in [0.717, 1.165) is 25.3 Å². The summed E-state index contributed by atoms with van der Waals surface area (Å²) in [6, 6.07) is 5.93. The smallest absolute Gasteiger partial charge is 0.266 e. The molecule has 0 amide bonds. The van der Waals surface area contributed by atoms with Crippen LogP contribution in [0.25, 0.3) is 0 Å². The fraction of sp³-hybridized carbons (Fsp3) is 0.300. The molecule has 1 aromatic carbocycles. The summed E-state index contributed by atoms with van der Waals surface area (Å²) in [6.07, 6.45) is 9.53. The first-order valence-corrected chi connectivity index (χ1v) is 11.0. The van der Waals surface area contributed by atoms with Gasteiger partial charge in [0.15, 0.2) is 11.6 Å². The topological polar surface area (TPSA) is 86.1 Å². The normalized spacial score (nSPS) is 19.4. The van der Waals surface area contributed by atoms with Gasteiger partial charge < -0.3 is 9.30 Å². The lowest BCUT2D eigenvalue weighted by Crippen LogP contribution is -2.32. The highest BCUT2D eigenvalue weighted by atomic mass is 32.2. The van der Waals surface area contributed by atoms with Crippen molar-refractivity contribution in [1.29, 1.82) is 0 Å². The van der Waals surface area contributed by atoms with Crippen molar-refractivity contribution < 1.29 is 21.9 Å². The molecule has 2 aromatic heterocycles. The Morgan fingerprint density at radius 2 is 1.93 bits per heavy atom. The Bertz CT molecular complexity index is 1110. The molecule has 1 saturated carbocycles. The van der Waals surface area contributed by atoms with Crippen LogP contribution in [0.1, 0.15) is 31.7 Å². The van der Waals surface area contributed by atoms with Crippen molar-refractivity contribution >= 4 is 15.8 Å². The van der Waals surface area contributed by atoms with Gasteiger partial charge in [0.05, 0.1) is 12.4 Å². The number of hydrogen-bond donors (Lipinski definition) is 1. The van der Waals surface area contributed by atoms with Crippen LogP contribution in [0.15, 0.2) is 60.1 Å². The van der Waals surface area contributed by atoms with Gasteiger partial charge in [0.1, 0.15) is 22.6 Å². The molecule has 1 aliphatic carbocycles. The van der Waals surface area contributed by atoms with Gasteiger partial charge in [-0.15, -0.1) is 0 Å². The molecule has 0 saturated heterocycles. The van der Waals surface area contributed by atoms with Gasteiger partial charge >= 0.3 is 0 Å². The zero-order valence-corrected chi connectivity index (χ0v) is 16.7. The van der Waals surface area contributed by atoms with Crippen LogP contribution in [0, 0.1) is 11.6 Å². The molecule has 1 N–H and O–H groups in total. The van der Waals surface area contributed by atoms with Crippen LogP contribution in [0.5, 0.6) is 5.75 Å². The standard InChI is InChI=1S/C20H20F2N4O3S/c21-14-12-19(30(27,28)25-20-7-3-4-8-24-20)15(22)11-18(14)29-17-6-2-1-5-16(17)26-10-9-23-13-26/h3-4,7-13,16-17H,1-2,5-6H2,(H,24,25)/t16-,17-/m0/s1. The molecule has 1 fully saturated rings. The number of halogens is 2. The lowest BCUT2D eigenvalue weighted by Gasteiger charge is -2.32. The second-order valence-corrected chi connectivity index (χ2v) is 8.70. The number of nitrogens with zero attached hydrogens (tertiary/aromatic N) is 3. The molecule has 0 aliphatic heterocycles. The molecule has 2 atom stereocenters. The summed E-state index contributed by atoms with van der Waals surface area (Å²) in [5.41, 5.74) is 0. The monoisotopic (exact) mass is 434 g/mol. The third-order valence-corrected chi connectivity index (χ3v) is 6.40. The Balaban J connectivity index is 1.58. The number of benzene rings is 1. The largest absolute Gasteiger partial charge is 0.485 e. The molecule has 3 aromatic rings. The van der Waals surface area contributed by atoms with Crippen molar-refractivity contribution in [2.75, 3.05) is 4.72 Å². The van der Waals surface area contributed by atoms with Crippen molar-refractivity contribution in [3.05, 3.63) is 66.9 Å². The number of hydrogen-bond acceptors (Lipinski definition) is 5. The first-order chi connectivity index (χ1) is 14.4. The minimum absolute atomic E-state index is 0.00279. The van der Waals surface area contributed by atoms with Crippen LogP contribution < -0.4 is 9.46 Å². The Kier molecular flexibility index (Phi) is 5.67. The molecule has 0 radical (unpaired) electrons. The Labute approximate surface area is 172 Å². The van der Waals surface area contributed by atoms with E-state index in [1.807, 2.05) is 10.8 Å². The number of ether oxygens (including phenoxy) is 1. The number of sulfonamides is 1. The van der Waals surface area contributed by atoms with Gasteiger partial charge in [0.2, 0.25) is 0 Å². The maximum Gasteiger partial charge on any atom is 0.266 e. The van der Waals surface area contributed by atoms with Crippen molar-refractivity contribution in [3.63, 3.8) is 0 Å². The number of rotatable bonds is 6. The summed E-state index contributed by atoms with van der Waals surface area (Å²) < 4.78 is 64.1. The Morgan fingerprint density at radius 3 is 2.67 bits per heavy atom. The van der Waals surface area contributed by atoms with Crippen molar-refractivity contribution in [2.45, 2.75) is 42.7 Å². The lowest BCUT2D eigenvalue weighted by molar-refractivity contribution is 0.0930.